The summed E-state index contributed by atoms with van der Waals surface area (Å²) in [6.45, 7) is 8.00. The minimum atomic E-state index is -0.198. The molecule has 0 saturated carbocycles. The molecule has 0 aliphatic carbocycles. The second-order valence-electron chi connectivity index (χ2n) is 7.91. The van der Waals surface area contributed by atoms with Crippen LogP contribution in [0.25, 0.3) is 0 Å². The highest BCUT2D eigenvalue weighted by atomic mass is 127. The summed E-state index contributed by atoms with van der Waals surface area (Å²) in [7, 11) is 0. The Labute approximate surface area is 207 Å². The van der Waals surface area contributed by atoms with E-state index in [1.54, 1.807) is 12.1 Å². The maximum atomic E-state index is 12.2. The Kier molecular flexibility index (Phi) is 10.8. The molecule has 0 radical (unpaired) electrons. The smallest absolute Gasteiger partial charge is 0.246 e. The molecule has 0 bridgehead atoms. The van der Waals surface area contributed by atoms with Crippen LogP contribution in [-0.2, 0) is 11.3 Å². The average Bonchev–Trinajstić information content (AvgIpc) is 2.77. The van der Waals surface area contributed by atoms with Gasteiger partial charge >= 0.3 is 0 Å². The van der Waals surface area contributed by atoms with Gasteiger partial charge in [0, 0.05) is 37.9 Å². The molecule has 1 saturated heterocycles. The lowest BCUT2D eigenvalue weighted by atomic mass is 10.0. The van der Waals surface area contributed by atoms with E-state index in [4.69, 9.17) is 0 Å². The Morgan fingerprint density at radius 3 is 2.47 bits per heavy atom. The average molecular weight is 551 g/mol. The molecule has 32 heavy (non-hydrogen) atoms. The lowest BCUT2D eigenvalue weighted by molar-refractivity contribution is -0.114. The van der Waals surface area contributed by atoms with Crippen LogP contribution in [0.5, 0.6) is 5.75 Å². The molecule has 2 aromatic carbocycles. The summed E-state index contributed by atoms with van der Waals surface area (Å²) in [6, 6.07) is 15.3. The molecule has 2 aromatic rings. The van der Waals surface area contributed by atoms with Gasteiger partial charge in [-0.15, -0.1) is 24.0 Å². The van der Waals surface area contributed by atoms with Crippen molar-refractivity contribution < 1.29 is 9.90 Å². The molecule has 0 spiro atoms. The zero-order valence-corrected chi connectivity index (χ0v) is 21.1. The summed E-state index contributed by atoms with van der Waals surface area (Å²) in [4.78, 5) is 19.1. The van der Waals surface area contributed by atoms with Gasteiger partial charge in [-0.3, -0.25) is 9.69 Å². The van der Waals surface area contributed by atoms with Crippen molar-refractivity contribution >= 4 is 41.5 Å². The van der Waals surface area contributed by atoms with E-state index in [1.807, 2.05) is 6.92 Å². The van der Waals surface area contributed by atoms with Gasteiger partial charge in [0.2, 0.25) is 5.91 Å². The number of nitrogens with one attached hydrogen (secondary N) is 3. The van der Waals surface area contributed by atoms with Crippen molar-refractivity contribution in [3.05, 3.63) is 59.7 Å². The highest BCUT2D eigenvalue weighted by Gasteiger charge is 2.20. The van der Waals surface area contributed by atoms with Crippen LogP contribution in [0, 0.1) is 6.92 Å². The van der Waals surface area contributed by atoms with Crippen molar-refractivity contribution in [3.8, 4) is 5.75 Å². The predicted octanol–water partition coefficient (Wildman–Crippen LogP) is 3.48. The number of likely N-dealkylation sites (tertiary alicyclic amines) is 1. The molecule has 1 aliphatic rings. The number of phenolic OH excluding ortho intramolecular Hbond substituents is 1. The van der Waals surface area contributed by atoms with Crippen LogP contribution in [0.4, 0.5) is 5.69 Å². The van der Waals surface area contributed by atoms with Gasteiger partial charge in [0.15, 0.2) is 5.96 Å². The highest BCUT2D eigenvalue weighted by molar-refractivity contribution is 14.0. The van der Waals surface area contributed by atoms with Crippen LogP contribution in [0.2, 0.25) is 0 Å². The van der Waals surface area contributed by atoms with E-state index < -0.39 is 0 Å². The fraction of sp³-hybridized carbons (Fsp3) is 0.417. The molecule has 1 fully saturated rings. The van der Waals surface area contributed by atoms with E-state index >= 15 is 0 Å². The molecule has 1 aliphatic heterocycles. The summed E-state index contributed by atoms with van der Waals surface area (Å²) < 4.78 is 0. The molecule has 1 heterocycles. The van der Waals surface area contributed by atoms with E-state index in [-0.39, 0.29) is 42.2 Å². The first-order valence-corrected chi connectivity index (χ1v) is 10.9. The maximum Gasteiger partial charge on any atom is 0.246 e. The van der Waals surface area contributed by atoms with Crippen LogP contribution >= 0.6 is 24.0 Å². The number of aliphatic imine (C=N–C) groups is 1. The number of aryl methyl sites for hydroxylation is 1. The normalized spacial score (nSPS) is 15.0. The van der Waals surface area contributed by atoms with Gasteiger partial charge in [-0.1, -0.05) is 24.3 Å². The van der Waals surface area contributed by atoms with Crippen LogP contribution in [0.15, 0.2) is 53.5 Å². The third kappa shape index (κ3) is 8.31. The van der Waals surface area contributed by atoms with Gasteiger partial charge in [-0.25, -0.2) is 4.99 Å². The Morgan fingerprint density at radius 1 is 1.12 bits per heavy atom. The van der Waals surface area contributed by atoms with Gasteiger partial charge < -0.3 is 21.1 Å². The van der Waals surface area contributed by atoms with Crippen molar-refractivity contribution in [3.63, 3.8) is 0 Å². The zero-order valence-electron chi connectivity index (χ0n) is 18.8. The number of carbonyl (C=O) groups excluding carboxylic acids is 1. The third-order valence-electron chi connectivity index (χ3n) is 5.46. The first kappa shape index (κ1) is 25.9. The first-order chi connectivity index (χ1) is 15.0. The Hall–Kier alpha value is -2.33. The zero-order chi connectivity index (χ0) is 22.1. The molecule has 1 amide bonds. The number of benzene rings is 2. The fourth-order valence-corrected chi connectivity index (χ4v) is 3.67. The summed E-state index contributed by atoms with van der Waals surface area (Å²) in [5, 5.41) is 18.8. The highest BCUT2D eigenvalue weighted by Crippen LogP contribution is 2.16. The molecule has 7 nitrogen and oxygen atoms in total. The van der Waals surface area contributed by atoms with Gasteiger partial charge in [0.25, 0.3) is 0 Å². The SMILES string of the molecule is CCNC(=NCC(=O)Nc1ccc(O)cc1)NC1CCN(Cc2ccccc2C)CC1.I. The number of guanidine groups is 1. The Bertz CT molecular complexity index is 880. The molecule has 8 heteroatoms. The van der Waals surface area contributed by atoms with Crippen LogP contribution in [0.1, 0.15) is 30.9 Å². The first-order valence-electron chi connectivity index (χ1n) is 10.9. The molecule has 0 unspecified atom stereocenters. The van der Waals surface area contributed by atoms with Gasteiger partial charge in [0.05, 0.1) is 0 Å². The summed E-state index contributed by atoms with van der Waals surface area (Å²) >= 11 is 0. The van der Waals surface area contributed by atoms with Crippen LogP contribution in [0.3, 0.4) is 0 Å². The second kappa shape index (κ2) is 13.3. The maximum absolute atomic E-state index is 12.2. The van der Waals surface area contributed by atoms with Crippen molar-refractivity contribution in [2.75, 3.05) is 31.5 Å². The summed E-state index contributed by atoms with van der Waals surface area (Å²) in [5.74, 6) is 0.635. The van der Waals surface area contributed by atoms with Gasteiger partial charge in [0.1, 0.15) is 12.3 Å². The van der Waals surface area contributed by atoms with Crippen molar-refractivity contribution in [2.24, 2.45) is 4.99 Å². The molecule has 0 aromatic heterocycles. The van der Waals surface area contributed by atoms with Gasteiger partial charge in [-0.2, -0.15) is 0 Å². The number of hydrogen-bond donors (Lipinski definition) is 4. The van der Waals surface area contributed by atoms with Crippen LogP contribution < -0.4 is 16.0 Å². The molecule has 4 N–H and O–H groups in total. The van der Waals surface area contributed by atoms with E-state index in [1.165, 1.54) is 23.3 Å². The lowest BCUT2D eigenvalue weighted by Crippen LogP contribution is -2.48. The van der Waals surface area contributed by atoms with Gasteiger partial charge in [-0.05, 0) is 62.1 Å². The number of phenols is 1. The Morgan fingerprint density at radius 2 is 1.81 bits per heavy atom. The molecule has 0 atom stereocenters. The number of piperidine rings is 1. The van der Waals surface area contributed by atoms with E-state index in [0.717, 1.165) is 39.0 Å². The molecule has 3 rings (SSSR count). The summed E-state index contributed by atoms with van der Waals surface area (Å²) in [6.07, 6.45) is 2.08. The number of amides is 1. The molecule has 174 valence electrons. The Balaban J connectivity index is 0.00000363. The predicted molar refractivity (Wildman–Crippen MR) is 141 cm³/mol. The third-order valence-corrected chi connectivity index (χ3v) is 5.46. The van der Waals surface area contributed by atoms with E-state index in [9.17, 15) is 9.90 Å². The number of carbonyl (C=O) groups is 1. The minimum absolute atomic E-state index is 0. The molecular formula is C24H34IN5O2. The lowest BCUT2D eigenvalue weighted by Gasteiger charge is -2.33. The molecular weight excluding hydrogens is 517 g/mol. The quantitative estimate of drug-likeness (QED) is 0.183. The van der Waals surface area contributed by atoms with Crippen molar-refractivity contribution in [2.45, 2.75) is 39.3 Å². The second-order valence-corrected chi connectivity index (χ2v) is 7.91. The number of rotatable bonds is 7. The number of hydrogen-bond acceptors (Lipinski definition) is 4. The minimum Gasteiger partial charge on any atom is -0.508 e. The summed E-state index contributed by atoms with van der Waals surface area (Å²) in [5.41, 5.74) is 3.37. The topological polar surface area (TPSA) is 89.0 Å². The number of aromatic hydroxyl groups is 1. The number of anilines is 1. The van der Waals surface area contributed by atoms with Crippen molar-refractivity contribution in [1.82, 2.24) is 15.5 Å². The van der Waals surface area contributed by atoms with E-state index in [0.29, 0.717) is 17.7 Å². The van der Waals surface area contributed by atoms with Crippen LogP contribution in [-0.4, -0.2) is 54.1 Å². The standard InChI is InChI=1S/C24H33N5O2.HI/c1-3-25-24(26-16-23(31)27-20-8-10-22(30)11-9-20)28-21-12-14-29(15-13-21)17-19-7-5-4-6-18(19)2;/h4-11,21,30H,3,12-17H2,1-2H3,(H,27,31)(H2,25,26,28);1H. The van der Waals surface area contributed by atoms with E-state index in [2.05, 4.69) is 57.0 Å². The number of nitrogens with zero attached hydrogens (tertiary/aromatic N) is 2. The number of halogens is 1. The largest absolute Gasteiger partial charge is 0.508 e. The fourth-order valence-electron chi connectivity index (χ4n) is 3.67. The van der Waals surface area contributed by atoms with Crippen molar-refractivity contribution in [1.29, 1.82) is 0 Å². The monoisotopic (exact) mass is 551 g/mol.